The summed E-state index contributed by atoms with van der Waals surface area (Å²) in [5.41, 5.74) is 7.52. The topological polar surface area (TPSA) is 56.5 Å². The molecular formula is C14H24N2O2. The Morgan fingerprint density at radius 1 is 1.17 bits per heavy atom. The van der Waals surface area contributed by atoms with Crippen LogP contribution in [0, 0.1) is 0 Å². The Bertz CT molecular complexity index is 343. The van der Waals surface area contributed by atoms with Crippen molar-refractivity contribution in [2.24, 2.45) is 0 Å². The van der Waals surface area contributed by atoms with Gasteiger partial charge in [-0.25, -0.2) is 0 Å². The first-order valence-corrected chi connectivity index (χ1v) is 6.61. The fraction of sp³-hybridized carbons (Fsp3) is 0.571. The quantitative estimate of drug-likeness (QED) is 0.524. The molecule has 102 valence electrons. The van der Waals surface area contributed by atoms with Gasteiger partial charge in [0.1, 0.15) is 5.75 Å². The van der Waals surface area contributed by atoms with Gasteiger partial charge in [0.25, 0.3) is 0 Å². The molecule has 0 radical (unpaired) electrons. The molecule has 0 aromatic heterocycles. The molecule has 1 aromatic rings. The van der Waals surface area contributed by atoms with E-state index in [-0.39, 0.29) is 0 Å². The van der Waals surface area contributed by atoms with Crippen molar-refractivity contribution >= 4 is 11.4 Å². The van der Waals surface area contributed by atoms with Crippen LogP contribution in [0.1, 0.15) is 26.7 Å². The van der Waals surface area contributed by atoms with Crippen LogP contribution in [0.4, 0.5) is 11.4 Å². The maximum absolute atomic E-state index is 5.81. The van der Waals surface area contributed by atoms with E-state index >= 15 is 0 Å². The number of nitrogens with one attached hydrogen (secondary N) is 1. The van der Waals surface area contributed by atoms with Gasteiger partial charge < -0.3 is 20.5 Å². The molecule has 0 heterocycles. The molecule has 0 aliphatic carbocycles. The molecule has 4 nitrogen and oxygen atoms in total. The number of anilines is 2. The van der Waals surface area contributed by atoms with Gasteiger partial charge in [-0.05, 0) is 25.8 Å². The number of benzene rings is 1. The molecule has 18 heavy (non-hydrogen) atoms. The molecular weight excluding hydrogens is 228 g/mol. The second-order valence-electron chi connectivity index (χ2n) is 4.12. The Labute approximate surface area is 109 Å². The standard InChI is InChI=1S/C14H24N2O2/c1-3-7-17-8-5-6-16-13-9-12(15)10-14(11-13)18-4-2/h9-11,16H,3-8,15H2,1-2H3. The maximum atomic E-state index is 5.81. The lowest BCUT2D eigenvalue weighted by molar-refractivity contribution is 0.134. The third-order valence-electron chi connectivity index (χ3n) is 2.38. The maximum Gasteiger partial charge on any atom is 0.123 e. The van der Waals surface area contributed by atoms with Gasteiger partial charge in [0.2, 0.25) is 0 Å². The molecule has 0 amide bonds. The summed E-state index contributed by atoms with van der Waals surface area (Å²) in [6, 6.07) is 5.71. The van der Waals surface area contributed by atoms with Gasteiger partial charge in [-0.2, -0.15) is 0 Å². The molecule has 0 saturated carbocycles. The Hall–Kier alpha value is -1.42. The van der Waals surface area contributed by atoms with Gasteiger partial charge in [0, 0.05) is 43.3 Å². The highest BCUT2D eigenvalue weighted by Gasteiger charge is 1.99. The third kappa shape index (κ3) is 5.77. The predicted octanol–water partition coefficient (Wildman–Crippen LogP) is 2.90. The summed E-state index contributed by atoms with van der Waals surface area (Å²) in [4.78, 5) is 0. The van der Waals surface area contributed by atoms with E-state index in [1.165, 1.54) is 0 Å². The monoisotopic (exact) mass is 252 g/mol. The van der Waals surface area contributed by atoms with Crippen LogP contribution in [0.5, 0.6) is 5.75 Å². The van der Waals surface area contributed by atoms with Crippen molar-refractivity contribution < 1.29 is 9.47 Å². The SMILES string of the molecule is CCCOCCCNc1cc(N)cc(OCC)c1. The average Bonchev–Trinajstić information content (AvgIpc) is 2.33. The zero-order valence-corrected chi connectivity index (χ0v) is 11.4. The minimum Gasteiger partial charge on any atom is -0.494 e. The van der Waals surface area contributed by atoms with Crippen molar-refractivity contribution in [2.45, 2.75) is 26.7 Å². The molecule has 0 saturated heterocycles. The van der Waals surface area contributed by atoms with Crippen molar-refractivity contribution in [1.82, 2.24) is 0 Å². The molecule has 1 aromatic carbocycles. The van der Waals surface area contributed by atoms with Crippen LogP contribution in [-0.2, 0) is 4.74 Å². The van der Waals surface area contributed by atoms with E-state index < -0.39 is 0 Å². The first kappa shape index (κ1) is 14.6. The molecule has 0 fully saturated rings. The van der Waals surface area contributed by atoms with Crippen LogP contribution >= 0.6 is 0 Å². The fourth-order valence-corrected chi connectivity index (χ4v) is 1.63. The smallest absolute Gasteiger partial charge is 0.123 e. The van der Waals surface area contributed by atoms with Gasteiger partial charge in [-0.3, -0.25) is 0 Å². The second-order valence-corrected chi connectivity index (χ2v) is 4.12. The predicted molar refractivity (Wildman–Crippen MR) is 76.2 cm³/mol. The highest BCUT2D eigenvalue weighted by molar-refractivity contribution is 5.59. The molecule has 0 aliphatic rings. The third-order valence-corrected chi connectivity index (χ3v) is 2.38. The van der Waals surface area contributed by atoms with Crippen LogP contribution in [0.15, 0.2) is 18.2 Å². The summed E-state index contributed by atoms with van der Waals surface area (Å²) in [7, 11) is 0. The highest BCUT2D eigenvalue weighted by atomic mass is 16.5. The number of nitrogens with two attached hydrogens (primary N) is 1. The van der Waals surface area contributed by atoms with Crippen LogP contribution in [-0.4, -0.2) is 26.4 Å². The summed E-state index contributed by atoms with van der Waals surface area (Å²) in [5, 5.41) is 3.32. The number of hydrogen-bond donors (Lipinski definition) is 2. The number of nitrogen functional groups attached to an aromatic ring is 1. The number of ether oxygens (including phenoxy) is 2. The van der Waals surface area contributed by atoms with E-state index in [2.05, 4.69) is 12.2 Å². The Morgan fingerprint density at radius 3 is 2.72 bits per heavy atom. The number of rotatable bonds is 9. The van der Waals surface area contributed by atoms with Gasteiger partial charge >= 0.3 is 0 Å². The van der Waals surface area contributed by atoms with E-state index in [0.29, 0.717) is 12.3 Å². The zero-order valence-electron chi connectivity index (χ0n) is 11.4. The van der Waals surface area contributed by atoms with Gasteiger partial charge in [0.15, 0.2) is 0 Å². The lowest BCUT2D eigenvalue weighted by Gasteiger charge is -2.10. The summed E-state index contributed by atoms with van der Waals surface area (Å²) in [5.74, 6) is 0.808. The van der Waals surface area contributed by atoms with Crippen molar-refractivity contribution in [3.63, 3.8) is 0 Å². The van der Waals surface area contributed by atoms with E-state index in [1.807, 2.05) is 25.1 Å². The van der Waals surface area contributed by atoms with Crippen LogP contribution in [0.2, 0.25) is 0 Å². The normalized spacial score (nSPS) is 10.3. The van der Waals surface area contributed by atoms with E-state index in [4.69, 9.17) is 15.2 Å². The summed E-state index contributed by atoms with van der Waals surface area (Å²) < 4.78 is 10.9. The van der Waals surface area contributed by atoms with E-state index in [9.17, 15) is 0 Å². The Balaban J connectivity index is 2.32. The summed E-state index contributed by atoms with van der Waals surface area (Å²) >= 11 is 0. The average molecular weight is 252 g/mol. The Morgan fingerprint density at radius 2 is 2.00 bits per heavy atom. The zero-order chi connectivity index (χ0) is 13.2. The lowest BCUT2D eigenvalue weighted by Crippen LogP contribution is -2.06. The number of hydrogen-bond acceptors (Lipinski definition) is 4. The van der Waals surface area contributed by atoms with E-state index in [1.54, 1.807) is 0 Å². The molecule has 4 heteroatoms. The minimum absolute atomic E-state index is 0.647. The molecule has 0 unspecified atom stereocenters. The van der Waals surface area contributed by atoms with Crippen LogP contribution in [0.3, 0.4) is 0 Å². The van der Waals surface area contributed by atoms with Gasteiger partial charge in [-0.15, -0.1) is 0 Å². The molecule has 0 atom stereocenters. The molecule has 0 aliphatic heterocycles. The summed E-state index contributed by atoms with van der Waals surface area (Å²) in [6.07, 6.45) is 2.05. The molecule has 3 N–H and O–H groups in total. The van der Waals surface area contributed by atoms with Crippen molar-refractivity contribution in [2.75, 3.05) is 37.4 Å². The molecule has 1 rings (SSSR count). The highest BCUT2D eigenvalue weighted by Crippen LogP contribution is 2.22. The van der Waals surface area contributed by atoms with Crippen molar-refractivity contribution in [1.29, 1.82) is 0 Å². The first-order chi connectivity index (χ1) is 8.76. The van der Waals surface area contributed by atoms with Crippen molar-refractivity contribution in [3.8, 4) is 5.75 Å². The molecule has 0 bridgehead atoms. The van der Waals surface area contributed by atoms with Gasteiger partial charge in [-0.1, -0.05) is 6.92 Å². The fourth-order valence-electron chi connectivity index (χ4n) is 1.63. The molecule has 0 spiro atoms. The van der Waals surface area contributed by atoms with Crippen molar-refractivity contribution in [3.05, 3.63) is 18.2 Å². The Kier molecular flexibility index (Phi) is 7.03. The lowest BCUT2D eigenvalue weighted by atomic mass is 10.2. The summed E-state index contributed by atoms with van der Waals surface area (Å²) in [6.45, 7) is 7.22. The van der Waals surface area contributed by atoms with E-state index in [0.717, 1.165) is 44.0 Å². The first-order valence-electron chi connectivity index (χ1n) is 6.61. The largest absolute Gasteiger partial charge is 0.494 e. The minimum atomic E-state index is 0.647. The second kappa shape index (κ2) is 8.64. The van der Waals surface area contributed by atoms with Crippen LogP contribution in [0.25, 0.3) is 0 Å². The van der Waals surface area contributed by atoms with Crippen LogP contribution < -0.4 is 15.8 Å². The van der Waals surface area contributed by atoms with Gasteiger partial charge in [0.05, 0.1) is 6.61 Å².